The molecule has 3 amide bonds. The predicted molar refractivity (Wildman–Crippen MR) is 97.6 cm³/mol. The van der Waals surface area contributed by atoms with Crippen molar-refractivity contribution in [3.05, 3.63) is 24.3 Å². The Morgan fingerprint density at radius 3 is 2.48 bits per heavy atom. The molecule has 2 rings (SSSR count). The molecule has 138 valence electrons. The molecular formula is C18H28N4O3. The number of nitrogens with two attached hydrogens (primary N) is 1. The summed E-state index contributed by atoms with van der Waals surface area (Å²) in [5, 5.41) is 5.65. The van der Waals surface area contributed by atoms with Gasteiger partial charge in [0.1, 0.15) is 5.75 Å². The third-order valence-electron chi connectivity index (χ3n) is 4.52. The summed E-state index contributed by atoms with van der Waals surface area (Å²) in [6.45, 7) is 3.49. The lowest BCUT2D eigenvalue weighted by molar-refractivity contribution is -0.123. The van der Waals surface area contributed by atoms with E-state index in [-0.39, 0.29) is 17.9 Å². The van der Waals surface area contributed by atoms with Gasteiger partial charge in [0.2, 0.25) is 5.91 Å². The first-order valence-electron chi connectivity index (χ1n) is 8.79. The number of amides is 3. The summed E-state index contributed by atoms with van der Waals surface area (Å²) in [5.41, 5.74) is 6.07. The van der Waals surface area contributed by atoms with E-state index in [1.807, 2.05) is 0 Å². The van der Waals surface area contributed by atoms with Crippen LogP contribution in [0.4, 0.5) is 10.5 Å². The van der Waals surface area contributed by atoms with Crippen LogP contribution in [0.15, 0.2) is 24.3 Å². The Balaban J connectivity index is 1.54. The van der Waals surface area contributed by atoms with Gasteiger partial charge in [-0.1, -0.05) is 0 Å². The second kappa shape index (κ2) is 9.88. The molecule has 1 aromatic rings. The summed E-state index contributed by atoms with van der Waals surface area (Å²) in [7, 11) is 1.61. The Morgan fingerprint density at radius 1 is 1.20 bits per heavy atom. The topological polar surface area (TPSA) is 96.7 Å². The molecule has 1 saturated heterocycles. The number of nitrogens with one attached hydrogen (secondary N) is 2. The maximum Gasteiger partial charge on any atom is 0.319 e. The summed E-state index contributed by atoms with van der Waals surface area (Å²) in [6.07, 6.45) is 3.66. The van der Waals surface area contributed by atoms with Crippen LogP contribution in [0.1, 0.15) is 25.7 Å². The summed E-state index contributed by atoms with van der Waals surface area (Å²) in [4.78, 5) is 25.3. The summed E-state index contributed by atoms with van der Waals surface area (Å²) in [6, 6.07) is 7.00. The van der Waals surface area contributed by atoms with Crippen molar-refractivity contribution in [1.82, 2.24) is 10.2 Å². The number of likely N-dealkylation sites (tertiary alicyclic amines) is 1. The van der Waals surface area contributed by atoms with Gasteiger partial charge in [-0.3, -0.25) is 4.79 Å². The lowest BCUT2D eigenvalue weighted by Crippen LogP contribution is -2.39. The normalized spacial score (nSPS) is 15.6. The number of rotatable bonds is 8. The number of urea groups is 1. The van der Waals surface area contributed by atoms with Gasteiger partial charge in [-0.15, -0.1) is 0 Å². The van der Waals surface area contributed by atoms with Crippen LogP contribution >= 0.6 is 0 Å². The summed E-state index contributed by atoms with van der Waals surface area (Å²) >= 11 is 0. The van der Waals surface area contributed by atoms with Crippen LogP contribution in [0.3, 0.4) is 0 Å². The largest absolute Gasteiger partial charge is 0.497 e. The second-order valence-corrected chi connectivity index (χ2v) is 6.33. The van der Waals surface area contributed by atoms with Gasteiger partial charge in [0.25, 0.3) is 0 Å². The van der Waals surface area contributed by atoms with Crippen molar-refractivity contribution in [2.75, 3.05) is 38.6 Å². The smallest absolute Gasteiger partial charge is 0.319 e. The van der Waals surface area contributed by atoms with Gasteiger partial charge in [0.05, 0.1) is 7.11 Å². The van der Waals surface area contributed by atoms with E-state index < -0.39 is 0 Å². The van der Waals surface area contributed by atoms with Crippen LogP contribution in [0.2, 0.25) is 0 Å². The highest BCUT2D eigenvalue weighted by atomic mass is 16.5. The molecule has 0 spiro atoms. The summed E-state index contributed by atoms with van der Waals surface area (Å²) in [5.74, 6) is 0.622. The van der Waals surface area contributed by atoms with Crippen molar-refractivity contribution < 1.29 is 14.3 Å². The number of hydrogen-bond acceptors (Lipinski definition) is 4. The molecule has 0 atom stereocenters. The Kier molecular flexibility index (Phi) is 7.53. The van der Waals surface area contributed by atoms with Crippen LogP contribution in [-0.2, 0) is 4.79 Å². The number of unbranched alkanes of at least 4 members (excludes halogenated alkanes) is 1. The fourth-order valence-electron chi connectivity index (χ4n) is 2.95. The predicted octanol–water partition coefficient (Wildman–Crippen LogP) is 1.79. The standard InChI is InChI=1S/C18H28N4O3/c1-25-16-6-4-15(5-7-16)21-18(24)20-10-2-3-11-22-12-8-14(9-13-22)17(19)23/h4-7,14H,2-3,8-13H2,1H3,(H2,19,23)(H2,20,21,24). The van der Waals surface area contributed by atoms with Gasteiger partial charge in [0.15, 0.2) is 0 Å². The van der Waals surface area contributed by atoms with E-state index in [0.29, 0.717) is 6.54 Å². The van der Waals surface area contributed by atoms with E-state index in [1.165, 1.54) is 0 Å². The Morgan fingerprint density at radius 2 is 1.88 bits per heavy atom. The minimum absolute atomic E-state index is 0.0413. The van der Waals surface area contributed by atoms with Gasteiger partial charge < -0.3 is 26.0 Å². The van der Waals surface area contributed by atoms with Crippen molar-refractivity contribution >= 4 is 17.6 Å². The molecule has 7 heteroatoms. The highest BCUT2D eigenvalue weighted by Crippen LogP contribution is 2.17. The second-order valence-electron chi connectivity index (χ2n) is 6.33. The molecule has 0 bridgehead atoms. The Hall–Kier alpha value is -2.28. The van der Waals surface area contributed by atoms with Gasteiger partial charge in [0, 0.05) is 18.2 Å². The van der Waals surface area contributed by atoms with Crippen LogP contribution < -0.4 is 21.1 Å². The van der Waals surface area contributed by atoms with Crippen LogP contribution in [-0.4, -0.2) is 50.1 Å². The Bertz CT molecular complexity index is 554. The fraction of sp³-hybridized carbons (Fsp3) is 0.556. The van der Waals surface area contributed by atoms with E-state index in [1.54, 1.807) is 31.4 Å². The van der Waals surface area contributed by atoms with E-state index in [9.17, 15) is 9.59 Å². The minimum atomic E-state index is -0.201. The number of carbonyl (C=O) groups is 2. The zero-order valence-corrected chi connectivity index (χ0v) is 14.8. The van der Waals surface area contributed by atoms with Crippen molar-refractivity contribution in [1.29, 1.82) is 0 Å². The van der Waals surface area contributed by atoms with Gasteiger partial charge >= 0.3 is 6.03 Å². The Labute approximate surface area is 148 Å². The minimum Gasteiger partial charge on any atom is -0.497 e. The van der Waals surface area contributed by atoms with Crippen LogP contribution in [0, 0.1) is 5.92 Å². The lowest BCUT2D eigenvalue weighted by Gasteiger charge is -2.30. The number of hydrogen-bond donors (Lipinski definition) is 3. The molecule has 0 aromatic heterocycles. The molecule has 1 aliphatic heterocycles. The molecule has 1 aromatic carbocycles. The quantitative estimate of drug-likeness (QED) is 0.624. The molecule has 25 heavy (non-hydrogen) atoms. The third kappa shape index (κ3) is 6.62. The highest BCUT2D eigenvalue weighted by Gasteiger charge is 2.22. The van der Waals surface area contributed by atoms with Crippen LogP contribution in [0.25, 0.3) is 0 Å². The molecule has 7 nitrogen and oxygen atoms in total. The van der Waals surface area contributed by atoms with Crippen molar-refractivity contribution in [2.24, 2.45) is 11.7 Å². The molecule has 0 aliphatic carbocycles. The first kappa shape index (κ1) is 19.1. The van der Waals surface area contributed by atoms with E-state index >= 15 is 0 Å². The highest BCUT2D eigenvalue weighted by molar-refractivity contribution is 5.89. The molecule has 1 fully saturated rings. The first-order valence-corrected chi connectivity index (χ1v) is 8.79. The monoisotopic (exact) mass is 348 g/mol. The van der Waals surface area contributed by atoms with Crippen molar-refractivity contribution in [3.63, 3.8) is 0 Å². The maximum absolute atomic E-state index is 11.8. The number of carbonyl (C=O) groups excluding carboxylic acids is 2. The van der Waals surface area contributed by atoms with Gasteiger partial charge in [-0.25, -0.2) is 4.79 Å². The van der Waals surface area contributed by atoms with E-state index in [0.717, 1.165) is 56.8 Å². The zero-order chi connectivity index (χ0) is 18.1. The molecule has 0 radical (unpaired) electrons. The number of anilines is 1. The lowest BCUT2D eigenvalue weighted by atomic mass is 9.96. The summed E-state index contributed by atoms with van der Waals surface area (Å²) < 4.78 is 5.08. The average Bonchev–Trinajstić information content (AvgIpc) is 2.62. The van der Waals surface area contributed by atoms with Gasteiger partial charge in [-0.2, -0.15) is 0 Å². The first-order chi connectivity index (χ1) is 12.1. The number of nitrogens with zero attached hydrogens (tertiary/aromatic N) is 1. The number of benzene rings is 1. The van der Waals surface area contributed by atoms with Crippen molar-refractivity contribution in [2.45, 2.75) is 25.7 Å². The molecule has 0 unspecified atom stereocenters. The number of ether oxygens (including phenoxy) is 1. The SMILES string of the molecule is COc1ccc(NC(=O)NCCCCN2CCC(C(N)=O)CC2)cc1. The molecule has 1 heterocycles. The van der Waals surface area contributed by atoms with E-state index in [2.05, 4.69) is 15.5 Å². The zero-order valence-electron chi connectivity index (χ0n) is 14.8. The molecule has 0 saturated carbocycles. The van der Waals surface area contributed by atoms with Crippen LogP contribution in [0.5, 0.6) is 5.75 Å². The molecular weight excluding hydrogens is 320 g/mol. The number of methoxy groups -OCH3 is 1. The fourth-order valence-corrected chi connectivity index (χ4v) is 2.95. The number of piperidine rings is 1. The average molecular weight is 348 g/mol. The number of primary amides is 1. The van der Waals surface area contributed by atoms with E-state index in [4.69, 9.17) is 10.5 Å². The van der Waals surface area contributed by atoms with Gasteiger partial charge in [-0.05, 0) is 69.6 Å². The molecule has 4 N–H and O–H groups in total. The molecule has 1 aliphatic rings. The maximum atomic E-state index is 11.8. The van der Waals surface area contributed by atoms with Crippen molar-refractivity contribution in [3.8, 4) is 5.75 Å². The third-order valence-corrected chi connectivity index (χ3v) is 4.52.